The smallest absolute Gasteiger partial charge is 0.322 e. The van der Waals surface area contributed by atoms with Crippen LogP contribution in [-0.4, -0.2) is 27.6 Å². The highest BCUT2D eigenvalue weighted by atomic mass is 16.6. The summed E-state index contributed by atoms with van der Waals surface area (Å²) in [5, 5.41) is 20.7. The Kier molecular flexibility index (Phi) is 4.62. The Morgan fingerprint density at radius 3 is 3.04 bits per heavy atom. The van der Waals surface area contributed by atoms with E-state index < -0.39 is 10.8 Å². The molecule has 1 N–H and O–H groups in total. The van der Waals surface area contributed by atoms with Crippen molar-refractivity contribution in [3.05, 3.63) is 51.9 Å². The number of nitrogens with one attached hydrogen (secondary N) is 1. The number of nitro groups is 1. The van der Waals surface area contributed by atoms with E-state index in [1.165, 1.54) is 24.3 Å². The molecule has 0 bridgehead atoms. The molecule has 0 saturated carbocycles. The van der Waals surface area contributed by atoms with Crippen molar-refractivity contribution in [3.63, 3.8) is 0 Å². The molecule has 1 fully saturated rings. The molecular weight excluding hydrogens is 316 g/mol. The molecule has 1 amide bonds. The lowest BCUT2D eigenvalue weighted by molar-refractivity contribution is -0.384. The van der Waals surface area contributed by atoms with Gasteiger partial charge in [-0.15, -0.1) is 5.10 Å². The van der Waals surface area contributed by atoms with E-state index in [9.17, 15) is 14.9 Å². The Hall–Kier alpha value is -3.07. The fraction of sp³-hybridized carbons (Fsp3) is 0.267. The number of ether oxygens (including phenoxy) is 1. The molecule has 2 heterocycles. The number of hydrogen-bond acceptors (Lipinski definition) is 7. The van der Waals surface area contributed by atoms with E-state index in [1.807, 2.05) is 0 Å². The largest absolute Gasteiger partial charge is 0.405 e. The second kappa shape index (κ2) is 7.01. The van der Waals surface area contributed by atoms with E-state index in [2.05, 4.69) is 15.5 Å². The molecule has 0 radical (unpaired) electrons. The van der Waals surface area contributed by atoms with Crippen molar-refractivity contribution in [2.24, 2.45) is 0 Å². The maximum absolute atomic E-state index is 11.8. The molecule has 1 aromatic heterocycles. The van der Waals surface area contributed by atoms with Gasteiger partial charge >= 0.3 is 6.01 Å². The first kappa shape index (κ1) is 15.8. The number of non-ortho nitro benzene ring substituents is 1. The van der Waals surface area contributed by atoms with Crippen LogP contribution in [0.1, 0.15) is 30.4 Å². The van der Waals surface area contributed by atoms with Gasteiger partial charge in [0.25, 0.3) is 11.6 Å². The van der Waals surface area contributed by atoms with Crippen LogP contribution in [0.5, 0.6) is 0 Å². The van der Waals surface area contributed by atoms with Crippen molar-refractivity contribution in [1.29, 1.82) is 0 Å². The van der Waals surface area contributed by atoms with Crippen LogP contribution in [0, 0.1) is 10.1 Å². The number of carbonyl (C=O) groups is 1. The number of anilines is 1. The van der Waals surface area contributed by atoms with Crippen molar-refractivity contribution in [2.45, 2.75) is 18.9 Å². The average Bonchev–Trinajstić information content (AvgIpc) is 3.24. The number of carbonyl (C=O) groups excluding carboxylic acids is 1. The monoisotopic (exact) mass is 330 g/mol. The van der Waals surface area contributed by atoms with Gasteiger partial charge < -0.3 is 9.15 Å². The summed E-state index contributed by atoms with van der Waals surface area (Å²) < 4.78 is 10.8. The summed E-state index contributed by atoms with van der Waals surface area (Å²) >= 11 is 0. The van der Waals surface area contributed by atoms with Crippen molar-refractivity contribution in [2.75, 3.05) is 11.9 Å². The Bertz CT molecular complexity index is 780. The number of benzene rings is 1. The highest BCUT2D eigenvalue weighted by Gasteiger charge is 2.23. The van der Waals surface area contributed by atoms with Gasteiger partial charge in [0.1, 0.15) is 6.10 Å². The summed E-state index contributed by atoms with van der Waals surface area (Å²) in [5.41, 5.74) is 0.487. The van der Waals surface area contributed by atoms with E-state index in [1.54, 1.807) is 12.1 Å². The normalized spacial score (nSPS) is 17.2. The lowest BCUT2D eigenvalue weighted by atomic mass is 10.2. The summed E-state index contributed by atoms with van der Waals surface area (Å²) in [5.74, 6) is -0.144. The fourth-order valence-electron chi connectivity index (χ4n) is 2.25. The molecule has 124 valence electrons. The highest BCUT2D eigenvalue weighted by Crippen LogP contribution is 2.28. The fourth-order valence-corrected chi connectivity index (χ4v) is 2.25. The van der Waals surface area contributed by atoms with Gasteiger partial charge in [0.2, 0.25) is 5.89 Å². The molecule has 2 aromatic rings. The molecular formula is C15H14N4O5. The molecule has 1 atom stereocenters. The second-order valence-corrected chi connectivity index (χ2v) is 5.12. The van der Waals surface area contributed by atoms with Crippen LogP contribution >= 0.6 is 0 Å². The van der Waals surface area contributed by atoms with Crippen LogP contribution in [0.25, 0.3) is 6.08 Å². The Morgan fingerprint density at radius 2 is 2.29 bits per heavy atom. The van der Waals surface area contributed by atoms with Gasteiger partial charge in [-0.1, -0.05) is 17.2 Å². The van der Waals surface area contributed by atoms with E-state index >= 15 is 0 Å². The van der Waals surface area contributed by atoms with Crippen LogP contribution in [0.3, 0.4) is 0 Å². The van der Waals surface area contributed by atoms with E-state index in [-0.39, 0.29) is 17.8 Å². The molecule has 9 heteroatoms. The lowest BCUT2D eigenvalue weighted by Gasteiger charge is -2.01. The van der Waals surface area contributed by atoms with E-state index in [0.29, 0.717) is 18.1 Å². The van der Waals surface area contributed by atoms with Gasteiger partial charge in [0.05, 0.1) is 4.92 Å². The predicted molar refractivity (Wildman–Crippen MR) is 83.0 cm³/mol. The van der Waals surface area contributed by atoms with Crippen LogP contribution in [0.2, 0.25) is 0 Å². The average molecular weight is 330 g/mol. The first-order chi connectivity index (χ1) is 11.6. The zero-order valence-electron chi connectivity index (χ0n) is 12.5. The van der Waals surface area contributed by atoms with Crippen molar-refractivity contribution in [3.8, 4) is 0 Å². The number of nitro benzene ring substituents is 1. The zero-order valence-corrected chi connectivity index (χ0v) is 12.5. The zero-order chi connectivity index (χ0) is 16.9. The van der Waals surface area contributed by atoms with Crippen LogP contribution in [0.15, 0.2) is 34.8 Å². The molecule has 24 heavy (non-hydrogen) atoms. The van der Waals surface area contributed by atoms with Crippen LogP contribution < -0.4 is 5.32 Å². The molecule has 1 aliphatic rings. The first-order valence-electron chi connectivity index (χ1n) is 7.30. The third-order valence-electron chi connectivity index (χ3n) is 3.38. The summed E-state index contributed by atoms with van der Waals surface area (Å²) in [6, 6.07) is 5.92. The Labute approximate surface area is 136 Å². The topological polar surface area (TPSA) is 120 Å². The van der Waals surface area contributed by atoms with Gasteiger partial charge in [0, 0.05) is 24.8 Å². The lowest BCUT2D eigenvalue weighted by Crippen LogP contribution is -2.07. The number of rotatable bonds is 5. The Balaban J connectivity index is 1.61. The number of hydrogen-bond donors (Lipinski definition) is 1. The number of nitrogens with zero attached hydrogens (tertiary/aromatic N) is 3. The van der Waals surface area contributed by atoms with Gasteiger partial charge in [0.15, 0.2) is 0 Å². The minimum Gasteiger partial charge on any atom is -0.405 e. The molecule has 0 aliphatic carbocycles. The minimum atomic E-state index is -0.498. The van der Waals surface area contributed by atoms with E-state index in [0.717, 1.165) is 12.8 Å². The van der Waals surface area contributed by atoms with Crippen molar-refractivity contribution in [1.82, 2.24) is 10.2 Å². The third-order valence-corrected chi connectivity index (χ3v) is 3.38. The van der Waals surface area contributed by atoms with Gasteiger partial charge in [-0.25, -0.2) is 0 Å². The third kappa shape index (κ3) is 3.82. The summed E-state index contributed by atoms with van der Waals surface area (Å²) in [6.45, 7) is 0.653. The predicted octanol–water partition coefficient (Wildman–Crippen LogP) is 2.48. The molecule has 9 nitrogen and oxygen atoms in total. The maximum Gasteiger partial charge on any atom is 0.322 e. The molecule has 1 unspecified atom stereocenters. The summed E-state index contributed by atoms with van der Waals surface area (Å²) in [6.07, 6.45) is 4.21. The van der Waals surface area contributed by atoms with Crippen molar-refractivity contribution >= 4 is 23.7 Å². The summed E-state index contributed by atoms with van der Waals surface area (Å²) in [4.78, 5) is 22.1. The van der Waals surface area contributed by atoms with Crippen LogP contribution in [0.4, 0.5) is 11.7 Å². The number of amides is 1. The highest BCUT2D eigenvalue weighted by molar-refractivity contribution is 6.00. The van der Waals surface area contributed by atoms with Gasteiger partial charge in [-0.3, -0.25) is 20.2 Å². The second-order valence-electron chi connectivity index (χ2n) is 5.12. The Morgan fingerprint density at radius 1 is 1.42 bits per heavy atom. The van der Waals surface area contributed by atoms with Crippen molar-refractivity contribution < 1.29 is 18.9 Å². The molecule has 1 aliphatic heterocycles. The molecule has 3 rings (SSSR count). The SMILES string of the molecule is O=C(C=Cc1cccc([N+](=O)[O-])c1)Nc1nnc(C2CCCO2)o1. The first-order valence-corrected chi connectivity index (χ1v) is 7.30. The molecule has 1 aromatic carbocycles. The number of aromatic nitrogens is 2. The molecule has 0 spiro atoms. The minimum absolute atomic E-state index is 0.0193. The van der Waals surface area contributed by atoms with E-state index in [4.69, 9.17) is 9.15 Å². The van der Waals surface area contributed by atoms with Gasteiger partial charge in [-0.05, 0) is 24.5 Å². The summed E-state index contributed by atoms with van der Waals surface area (Å²) in [7, 11) is 0. The standard InChI is InChI=1S/C15H14N4O5/c20-13(7-6-10-3-1-4-11(9-10)19(21)22)16-15-18-17-14(24-15)12-5-2-8-23-12/h1,3-4,6-7,9,12H,2,5,8H2,(H,16,18,20). The quantitative estimate of drug-likeness (QED) is 0.508. The van der Waals surface area contributed by atoms with Gasteiger partial charge in [-0.2, -0.15) is 0 Å². The molecule has 1 saturated heterocycles. The van der Waals surface area contributed by atoms with Crippen LogP contribution in [-0.2, 0) is 9.53 Å². The maximum atomic E-state index is 11.8.